The molecular weight excluding hydrogens is 370 g/mol. The van der Waals surface area contributed by atoms with Gasteiger partial charge >= 0.3 is 0 Å². The lowest BCUT2D eigenvalue weighted by molar-refractivity contribution is -0.122. The number of aromatic nitrogens is 3. The first-order valence-corrected chi connectivity index (χ1v) is 9.11. The number of hydrogen-bond acceptors (Lipinski definition) is 5. The Hall–Kier alpha value is -3.94. The predicted molar refractivity (Wildman–Crippen MR) is 106 cm³/mol. The molecule has 0 aliphatic rings. The van der Waals surface area contributed by atoms with Crippen molar-refractivity contribution in [1.82, 2.24) is 25.2 Å². The van der Waals surface area contributed by atoms with Crippen molar-refractivity contribution in [2.75, 3.05) is 0 Å². The Labute approximate surface area is 166 Å². The molecule has 8 nitrogen and oxygen atoms in total. The fraction of sp³-hybridized carbons (Fsp3) is 0.143. The summed E-state index contributed by atoms with van der Waals surface area (Å²) in [5.41, 5.74) is 2.72. The van der Waals surface area contributed by atoms with Crippen molar-refractivity contribution in [1.29, 1.82) is 0 Å². The summed E-state index contributed by atoms with van der Waals surface area (Å²) in [7, 11) is 0. The highest BCUT2D eigenvalue weighted by molar-refractivity contribution is 5.95. The van der Waals surface area contributed by atoms with Crippen LogP contribution in [-0.4, -0.2) is 32.4 Å². The van der Waals surface area contributed by atoms with Crippen LogP contribution in [0.25, 0.3) is 16.9 Å². The smallest absolute Gasteiger partial charge is 0.287 e. The van der Waals surface area contributed by atoms with Gasteiger partial charge in [0.25, 0.3) is 5.91 Å². The maximum absolute atomic E-state index is 12.2. The number of hydrogen-bond donors (Lipinski definition) is 2. The van der Waals surface area contributed by atoms with E-state index in [9.17, 15) is 9.59 Å². The molecule has 1 atom stereocenters. The van der Waals surface area contributed by atoms with Crippen LogP contribution in [0, 0.1) is 0 Å². The third kappa shape index (κ3) is 4.01. The first-order valence-electron chi connectivity index (χ1n) is 9.11. The number of fused-ring (bicyclic) bond motifs is 1. The number of furan rings is 1. The van der Waals surface area contributed by atoms with Gasteiger partial charge in [0.15, 0.2) is 5.76 Å². The molecule has 0 saturated heterocycles. The molecule has 8 heteroatoms. The number of amides is 2. The second kappa shape index (κ2) is 7.97. The fourth-order valence-electron chi connectivity index (χ4n) is 2.89. The van der Waals surface area contributed by atoms with Crippen LogP contribution in [0.4, 0.5) is 0 Å². The Balaban J connectivity index is 1.35. The molecule has 2 N–H and O–H groups in total. The predicted octanol–water partition coefficient (Wildman–Crippen LogP) is 2.45. The van der Waals surface area contributed by atoms with Gasteiger partial charge in [-0.15, -0.1) is 0 Å². The quantitative estimate of drug-likeness (QED) is 0.527. The summed E-state index contributed by atoms with van der Waals surface area (Å²) in [5.74, 6) is 0.176. The van der Waals surface area contributed by atoms with Crippen molar-refractivity contribution in [3.05, 3.63) is 78.6 Å². The Morgan fingerprint density at radius 2 is 1.97 bits per heavy atom. The van der Waals surface area contributed by atoms with Gasteiger partial charge in [-0.2, -0.15) is 0 Å². The number of nitrogens with zero attached hydrogens (tertiary/aromatic N) is 3. The zero-order valence-corrected chi connectivity index (χ0v) is 15.7. The van der Waals surface area contributed by atoms with E-state index in [0.717, 1.165) is 22.4 Å². The largest absolute Gasteiger partial charge is 0.459 e. The molecule has 146 valence electrons. The summed E-state index contributed by atoms with van der Waals surface area (Å²) in [4.78, 5) is 33.0. The number of para-hydroxylation sites is 2. The van der Waals surface area contributed by atoms with E-state index in [-0.39, 0.29) is 11.7 Å². The van der Waals surface area contributed by atoms with Crippen molar-refractivity contribution in [2.45, 2.75) is 19.5 Å². The monoisotopic (exact) mass is 389 g/mol. The first-order chi connectivity index (χ1) is 14.1. The van der Waals surface area contributed by atoms with E-state index in [2.05, 4.69) is 20.6 Å². The number of nitrogens with one attached hydrogen (secondary N) is 2. The lowest BCUT2D eigenvalue weighted by atomic mass is 10.2. The van der Waals surface area contributed by atoms with Gasteiger partial charge in [0.05, 0.1) is 17.3 Å². The molecule has 1 unspecified atom stereocenters. The van der Waals surface area contributed by atoms with Crippen molar-refractivity contribution < 1.29 is 14.0 Å². The molecule has 0 spiro atoms. The third-order valence-corrected chi connectivity index (χ3v) is 4.46. The normalized spacial score (nSPS) is 11.9. The number of benzene rings is 1. The molecule has 0 aliphatic carbocycles. The maximum Gasteiger partial charge on any atom is 0.287 e. The molecule has 29 heavy (non-hydrogen) atoms. The molecule has 0 fully saturated rings. The van der Waals surface area contributed by atoms with Crippen LogP contribution in [-0.2, 0) is 11.3 Å². The molecule has 0 aliphatic heterocycles. The van der Waals surface area contributed by atoms with Gasteiger partial charge in [0.1, 0.15) is 18.2 Å². The van der Waals surface area contributed by atoms with Crippen LogP contribution in [0.2, 0.25) is 0 Å². The topological polar surface area (TPSA) is 102 Å². The molecule has 3 aromatic heterocycles. The molecule has 1 aromatic carbocycles. The minimum atomic E-state index is -0.697. The van der Waals surface area contributed by atoms with Crippen LogP contribution in [0.15, 0.2) is 71.7 Å². The lowest BCUT2D eigenvalue weighted by Gasteiger charge is -2.13. The number of carbonyl (C=O) groups excluding carboxylic acids is 2. The highest BCUT2D eigenvalue weighted by Crippen LogP contribution is 2.16. The minimum Gasteiger partial charge on any atom is -0.459 e. The fourth-order valence-corrected chi connectivity index (χ4v) is 2.89. The van der Waals surface area contributed by atoms with Gasteiger partial charge in [0.2, 0.25) is 5.91 Å². The molecule has 4 rings (SSSR count). The Morgan fingerprint density at radius 3 is 2.72 bits per heavy atom. The summed E-state index contributed by atoms with van der Waals surface area (Å²) < 4.78 is 6.92. The van der Waals surface area contributed by atoms with Gasteiger partial charge in [-0.25, -0.2) is 9.97 Å². The summed E-state index contributed by atoms with van der Waals surface area (Å²) in [6, 6.07) is 14.0. The summed E-state index contributed by atoms with van der Waals surface area (Å²) in [6.45, 7) is 1.92. The van der Waals surface area contributed by atoms with E-state index in [0.29, 0.717) is 6.54 Å². The van der Waals surface area contributed by atoms with Crippen molar-refractivity contribution in [3.8, 4) is 5.82 Å². The highest BCUT2D eigenvalue weighted by Gasteiger charge is 2.17. The average Bonchev–Trinajstić information content (AvgIpc) is 3.42. The van der Waals surface area contributed by atoms with E-state index >= 15 is 0 Å². The van der Waals surface area contributed by atoms with E-state index in [1.807, 2.05) is 41.0 Å². The van der Waals surface area contributed by atoms with Crippen LogP contribution in [0.3, 0.4) is 0 Å². The zero-order valence-electron chi connectivity index (χ0n) is 15.7. The second-order valence-corrected chi connectivity index (χ2v) is 6.52. The number of pyridine rings is 1. The van der Waals surface area contributed by atoms with Crippen molar-refractivity contribution >= 4 is 22.8 Å². The average molecular weight is 389 g/mol. The van der Waals surface area contributed by atoms with Crippen LogP contribution >= 0.6 is 0 Å². The maximum atomic E-state index is 12.2. The number of imidazole rings is 1. The van der Waals surface area contributed by atoms with E-state index < -0.39 is 11.9 Å². The molecular formula is C21H19N5O3. The lowest BCUT2D eigenvalue weighted by Crippen LogP contribution is -2.44. The molecule has 0 saturated carbocycles. The zero-order chi connectivity index (χ0) is 20.2. The van der Waals surface area contributed by atoms with Gasteiger partial charge in [0, 0.05) is 12.7 Å². The van der Waals surface area contributed by atoms with E-state index in [4.69, 9.17) is 4.42 Å². The Bertz CT molecular complexity index is 1130. The molecule has 0 radical (unpaired) electrons. The Kier molecular flexibility index (Phi) is 5.07. The highest BCUT2D eigenvalue weighted by atomic mass is 16.3. The summed E-state index contributed by atoms with van der Waals surface area (Å²) in [5, 5.41) is 5.38. The van der Waals surface area contributed by atoms with Crippen molar-refractivity contribution in [3.63, 3.8) is 0 Å². The number of rotatable bonds is 6. The van der Waals surface area contributed by atoms with Crippen LogP contribution in [0.5, 0.6) is 0 Å². The van der Waals surface area contributed by atoms with Crippen molar-refractivity contribution in [2.24, 2.45) is 0 Å². The van der Waals surface area contributed by atoms with Gasteiger partial charge in [-0.3, -0.25) is 14.2 Å². The molecule has 4 aromatic rings. The van der Waals surface area contributed by atoms with Gasteiger partial charge < -0.3 is 15.1 Å². The van der Waals surface area contributed by atoms with Gasteiger partial charge in [-0.05, 0) is 42.8 Å². The molecule has 3 heterocycles. The second-order valence-electron chi connectivity index (χ2n) is 6.52. The van der Waals surface area contributed by atoms with Gasteiger partial charge in [-0.1, -0.05) is 18.2 Å². The van der Waals surface area contributed by atoms with E-state index in [1.54, 1.807) is 25.5 Å². The Morgan fingerprint density at radius 1 is 1.10 bits per heavy atom. The standard InChI is InChI=1S/C21H19N5O3/c1-14(25-21(28)18-7-4-10-29-18)20(27)23-12-15-8-9-19(22-11-15)26-13-24-16-5-2-3-6-17(16)26/h2-11,13-14H,12H2,1H3,(H,23,27)(H,25,28). The van der Waals surface area contributed by atoms with Crippen LogP contribution < -0.4 is 10.6 Å². The van der Waals surface area contributed by atoms with Crippen LogP contribution in [0.1, 0.15) is 23.0 Å². The SMILES string of the molecule is CC(NC(=O)c1ccco1)C(=O)NCc1ccc(-n2cnc3ccccc32)nc1. The first kappa shape index (κ1) is 18.4. The number of carbonyl (C=O) groups is 2. The molecule has 2 amide bonds. The third-order valence-electron chi connectivity index (χ3n) is 4.46. The molecule has 0 bridgehead atoms. The summed E-state index contributed by atoms with van der Waals surface area (Å²) >= 11 is 0. The summed E-state index contributed by atoms with van der Waals surface area (Å²) in [6.07, 6.45) is 4.84. The van der Waals surface area contributed by atoms with E-state index in [1.165, 1.54) is 12.3 Å². The minimum absolute atomic E-state index is 0.163.